The fourth-order valence-corrected chi connectivity index (χ4v) is 2.88. The molecule has 0 aromatic heterocycles. The molecule has 0 atom stereocenters. The number of benzene rings is 1. The number of carbonyl (C=O) groups excluding carboxylic acids is 1. The third-order valence-corrected chi connectivity index (χ3v) is 4.89. The van der Waals surface area contributed by atoms with Gasteiger partial charge in [0.25, 0.3) is 0 Å². The number of thiocarbonyl (C=S) groups is 1. The van der Waals surface area contributed by atoms with Crippen LogP contribution >= 0.6 is 12.2 Å². The molecule has 0 saturated carbocycles. The summed E-state index contributed by atoms with van der Waals surface area (Å²) in [6.07, 6.45) is 0.00847. The summed E-state index contributed by atoms with van der Waals surface area (Å²) in [6.45, 7) is 2.02. The average molecular weight is 330 g/mol. The average Bonchev–Trinajstić information content (AvgIpc) is 2.45. The topological polar surface area (TPSA) is 89.7 Å². The van der Waals surface area contributed by atoms with E-state index in [1.807, 2.05) is 0 Å². The van der Waals surface area contributed by atoms with Gasteiger partial charge in [0.1, 0.15) is 4.99 Å². The van der Waals surface area contributed by atoms with E-state index < -0.39 is 16.0 Å². The number of nitrogens with two attached hydrogens (primary N) is 1. The second-order valence-corrected chi connectivity index (χ2v) is 6.75. The van der Waals surface area contributed by atoms with Gasteiger partial charge in [0, 0.05) is 19.2 Å². The monoisotopic (exact) mass is 330 g/mol. The minimum absolute atomic E-state index is 0.00847. The van der Waals surface area contributed by atoms with Crippen LogP contribution in [0.15, 0.2) is 29.2 Å². The molecule has 0 unspecified atom stereocenters. The molecule has 0 radical (unpaired) electrons. The Hall–Kier alpha value is -1.51. The third-order valence-electron chi connectivity index (χ3n) is 2.78. The molecule has 0 saturated heterocycles. The number of esters is 1. The fourth-order valence-electron chi connectivity index (χ4n) is 1.57. The quantitative estimate of drug-likeness (QED) is 0.590. The van der Waals surface area contributed by atoms with Crippen LogP contribution < -0.4 is 5.73 Å². The van der Waals surface area contributed by atoms with Crippen LogP contribution in [0.25, 0.3) is 0 Å². The molecule has 0 amide bonds. The Morgan fingerprint density at radius 3 is 2.38 bits per heavy atom. The molecule has 0 spiro atoms. The Morgan fingerprint density at radius 1 is 1.33 bits per heavy atom. The number of nitrogens with zero attached hydrogens (tertiary/aromatic N) is 1. The highest BCUT2D eigenvalue weighted by Gasteiger charge is 2.21. The highest BCUT2D eigenvalue weighted by molar-refractivity contribution is 7.89. The van der Waals surface area contributed by atoms with Crippen LogP contribution in [-0.2, 0) is 19.6 Å². The molecule has 1 aromatic rings. The first-order chi connectivity index (χ1) is 9.78. The van der Waals surface area contributed by atoms with Crippen molar-refractivity contribution in [3.8, 4) is 0 Å². The first-order valence-corrected chi connectivity index (χ1v) is 8.15. The van der Waals surface area contributed by atoms with Crippen molar-refractivity contribution >= 4 is 33.2 Å². The van der Waals surface area contributed by atoms with Crippen molar-refractivity contribution in [1.82, 2.24) is 4.31 Å². The van der Waals surface area contributed by atoms with Gasteiger partial charge < -0.3 is 10.5 Å². The lowest BCUT2D eigenvalue weighted by Gasteiger charge is -2.16. The van der Waals surface area contributed by atoms with Gasteiger partial charge in [-0.15, -0.1) is 0 Å². The van der Waals surface area contributed by atoms with E-state index in [0.717, 1.165) is 4.31 Å². The molecule has 21 heavy (non-hydrogen) atoms. The molecule has 0 heterocycles. The van der Waals surface area contributed by atoms with Gasteiger partial charge in [-0.05, 0) is 19.1 Å². The SMILES string of the molecule is CCOC(=O)CCN(C)S(=O)(=O)c1ccc(C(N)=S)cc1. The van der Waals surface area contributed by atoms with Crippen molar-refractivity contribution in [3.05, 3.63) is 29.8 Å². The molecule has 0 aliphatic heterocycles. The minimum Gasteiger partial charge on any atom is -0.466 e. The zero-order valence-electron chi connectivity index (χ0n) is 11.9. The van der Waals surface area contributed by atoms with Crippen LogP contribution in [0.2, 0.25) is 0 Å². The predicted molar refractivity (Wildman–Crippen MR) is 83.4 cm³/mol. The van der Waals surface area contributed by atoms with Gasteiger partial charge >= 0.3 is 5.97 Å². The molecule has 2 N–H and O–H groups in total. The van der Waals surface area contributed by atoms with E-state index >= 15 is 0 Å². The van der Waals surface area contributed by atoms with Crippen molar-refractivity contribution in [1.29, 1.82) is 0 Å². The van der Waals surface area contributed by atoms with Gasteiger partial charge in [-0.25, -0.2) is 12.7 Å². The molecule has 1 rings (SSSR count). The van der Waals surface area contributed by atoms with Gasteiger partial charge in [-0.1, -0.05) is 24.4 Å². The van der Waals surface area contributed by atoms with Crippen LogP contribution in [0, 0.1) is 0 Å². The predicted octanol–water partition coefficient (Wildman–Crippen LogP) is 0.894. The van der Waals surface area contributed by atoms with Gasteiger partial charge in [-0.2, -0.15) is 0 Å². The second kappa shape index (κ2) is 7.48. The van der Waals surface area contributed by atoms with Crippen LogP contribution in [0.5, 0.6) is 0 Å². The Morgan fingerprint density at radius 2 is 1.90 bits per heavy atom. The summed E-state index contributed by atoms with van der Waals surface area (Å²) in [4.78, 5) is 11.6. The third kappa shape index (κ3) is 4.76. The maximum atomic E-state index is 12.3. The molecule has 0 bridgehead atoms. The molecule has 116 valence electrons. The summed E-state index contributed by atoms with van der Waals surface area (Å²) in [5, 5.41) is 0. The zero-order chi connectivity index (χ0) is 16.0. The van der Waals surface area contributed by atoms with E-state index in [2.05, 4.69) is 0 Å². The van der Waals surface area contributed by atoms with Crippen molar-refractivity contribution in [3.63, 3.8) is 0 Å². The number of hydrogen-bond donors (Lipinski definition) is 1. The van der Waals surface area contributed by atoms with E-state index in [4.69, 9.17) is 22.7 Å². The first kappa shape index (κ1) is 17.5. The number of carbonyl (C=O) groups is 1. The lowest BCUT2D eigenvalue weighted by Crippen LogP contribution is -2.29. The molecule has 0 aliphatic carbocycles. The van der Waals surface area contributed by atoms with Crippen molar-refractivity contribution in [2.45, 2.75) is 18.2 Å². The van der Waals surface area contributed by atoms with E-state index in [0.29, 0.717) is 5.56 Å². The fraction of sp³-hybridized carbons (Fsp3) is 0.385. The minimum atomic E-state index is -3.65. The molecule has 0 aliphatic rings. The normalized spacial score (nSPS) is 11.4. The highest BCUT2D eigenvalue weighted by Crippen LogP contribution is 2.15. The Bertz CT molecular complexity index is 612. The standard InChI is InChI=1S/C13H18N2O4S2/c1-3-19-12(16)8-9-15(2)21(17,18)11-6-4-10(5-7-11)13(14)20/h4-7H,3,8-9H2,1-2H3,(H2,14,20). The van der Waals surface area contributed by atoms with Crippen LogP contribution in [-0.4, -0.2) is 43.9 Å². The summed E-state index contributed by atoms with van der Waals surface area (Å²) in [6, 6.07) is 5.97. The Labute approximate surface area is 129 Å². The zero-order valence-corrected chi connectivity index (χ0v) is 13.5. The molecule has 8 heteroatoms. The van der Waals surface area contributed by atoms with Crippen LogP contribution in [0.1, 0.15) is 18.9 Å². The van der Waals surface area contributed by atoms with Crippen LogP contribution in [0.3, 0.4) is 0 Å². The summed E-state index contributed by atoms with van der Waals surface area (Å²) < 4.78 is 30.5. The molecule has 0 fully saturated rings. The molecule has 6 nitrogen and oxygen atoms in total. The molecular formula is C13H18N2O4S2. The lowest BCUT2D eigenvalue weighted by atomic mass is 10.2. The van der Waals surface area contributed by atoms with E-state index in [9.17, 15) is 13.2 Å². The molecule has 1 aromatic carbocycles. The van der Waals surface area contributed by atoms with Crippen molar-refractivity contribution in [2.24, 2.45) is 5.73 Å². The summed E-state index contributed by atoms with van der Waals surface area (Å²) in [5.74, 6) is -0.427. The number of sulfonamides is 1. The highest BCUT2D eigenvalue weighted by atomic mass is 32.2. The van der Waals surface area contributed by atoms with Crippen LogP contribution in [0.4, 0.5) is 0 Å². The van der Waals surface area contributed by atoms with Gasteiger partial charge in [0.2, 0.25) is 10.0 Å². The lowest BCUT2D eigenvalue weighted by molar-refractivity contribution is -0.143. The van der Waals surface area contributed by atoms with Crippen molar-refractivity contribution in [2.75, 3.05) is 20.2 Å². The van der Waals surface area contributed by atoms with Crippen molar-refractivity contribution < 1.29 is 17.9 Å². The summed E-state index contributed by atoms with van der Waals surface area (Å²) in [7, 11) is -2.24. The van der Waals surface area contributed by atoms with Gasteiger partial charge in [0.05, 0.1) is 17.9 Å². The van der Waals surface area contributed by atoms with Gasteiger partial charge in [-0.3, -0.25) is 4.79 Å². The summed E-state index contributed by atoms with van der Waals surface area (Å²) >= 11 is 4.81. The Kier molecular flexibility index (Phi) is 6.25. The number of rotatable bonds is 7. The number of hydrogen-bond acceptors (Lipinski definition) is 5. The molecular weight excluding hydrogens is 312 g/mol. The second-order valence-electron chi connectivity index (χ2n) is 4.27. The smallest absolute Gasteiger partial charge is 0.307 e. The van der Waals surface area contributed by atoms with E-state index in [1.165, 1.54) is 19.2 Å². The largest absolute Gasteiger partial charge is 0.466 e. The maximum Gasteiger partial charge on any atom is 0.307 e. The Balaban J connectivity index is 2.79. The number of ether oxygens (including phenoxy) is 1. The first-order valence-electron chi connectivity index (χ1n) is 6.31. The van der Waals surface area contributed by atoms with E-state index in [-0.39, 0.29) is 29.5 Å². The maximum absolute atomic E-state index is 12.3. The van der Waals surface area contributed by atoms with E-state index in [1.54, 1.807) is 19.1 Å². The van der Waals surface area contributed by atoms with Gasteiger partial charge in [0.15, 0.2) is 0 Å². The summed E-state index contributed by atoms with van der Waals surface area (Å²) in [5.41, 5.74) is 6.06.